The lowest BCUT2D eigenvalue weighted by molar-refractivity contribution is 0.0807. The van der Waals surface area contributed by atoms with E-state index in [4.69, 9.17) is 0 Å². The Morgan fingerprint density at radius 1 is 0.680 bits per heavy atom. The van der Waals surface area contributed by atoms with Crippen molar-refractivity contribution < 1.29 is 5.11 Å². The third-order valence-electron chi connectivity index (χ3n) is 4.55. The third-order valence-corrected chi connectivity index (χ3v) is 4.55. The Morgan fingerprint density at radius 2 is 1.12 bits per heavy atom. The summed E-state index contributed by atoms with van der Waals surface area (Å²) >= 11 is 0. The average molecular weight is 331 g/mol. The van der Waals surface area contributed by atoms with E-state index in [1.807, 2.05) is 66.7 Å². The highest BCUT2D eigenvalue weighted by Gasteiger charge is 2.32. The first-order valence-electron chi connectivity index (χ1n) is 8.64. The Labute approximate surface area is 150 Å². The molecule has 0 radical (unpaired) electrons. The Bertz CT molecular complexity index is 757. The fraction of sp³-hybridized carbons (Fsp3) is 0.217. The van der Waals surface area contributed by atoms with Crippen LogP contribution in [-0.4, -0.2) is 24.1 Å². The Morgan fingerprint density at radius 3 is 1.60 bits per heavy atom. The molecule has 0 atom stereocenters. The summed E-state index contributed by atoms with van der Waals surface area (Å²) in [5.41, 5.74) is 3.20. The first-order chi connectivity index (χ1) is 12.1. The lowest BCUT2D eigenvalue weighted by atomic mass is 9.80. The van der Waals surface area contributed by atoms with Crippen LogP contribution in [0.5, 0.6) is 0 Å². The zero-order valence-electron chi connectivity index (χ0n) is 14.9. The van der Waals surface area contributed by atoms with Gasteiger partial charge in [-0.15, -0.1) is 0 Å². The maximum absolute atomic E-state index is 11.8. The number of nitrogens with zero attached hydrogens (tertiary/aromatic N) is 1. The third kappa shape index (κ3) is 3.98. The molecule has 0 heterocycles. The topological polar surface area (TPSA) is 23.5 Å². The smallest absolute Gasteiger partial charge is 0.119 e. The normalized spacial score (nSPS) is 11.7. The maximum Gasteiger partial charge on any atom is 0.119 e. The number of hydrogen-bond donors (Lipinski definition) is 1. The minimum absolute atomic E-state index is 0.547. The van der Waals surface area contributed by atoms with Gasteiger partial charge in [0.25, 0.3) is 0 Å². The summed E-state index contributed by atoms with van der Waals surface area (Å²) in [7, 11) is 4.13. The number of benzene rings is 3. The molecule has 25 heavy (non-hydrogen) atoms. The minimum atomic E-state index is -1.05. The van der Waals surface area contributed by atoms with E-state index in [0.29, 0.717) is 6.42 Å². The van der Waals surface area contributed by atoms with E-state index in [2.05, 4.69) is 37.2 Å². The monoisotopic (exact) mass is 331 g/mol. The number of aliphatic hydroxyl groups is 1. The van der Waals surface area contributed by atoms with Gasteiger partial charge in [-0.2, -0.15) is 0 Å². The van der Waals surface area contributed by atoms with Crippen LogP contribution >= 0.6 is 0 Å². The molecular formula is C23H25NO. The largest absolute Gasteiger partial charge is 0.380 e. The van der Waals surface area contributed by atoms with E-state index in [1.54, 1.807) is 0 Å². The highest BCUT2D eigenvalue weighted by molar-refractivity contribution is 5.40. The summed E-state index contributed by atoms with van der Waals surface area (Å²) in [6.45, 7) is 0.857. The SMILES string of the molecule is CN(C)Cc1ccccc1CC(O)(c1ccccc1)c1ccccc1. The van der Waals surface area contributed by atoms with Gasteiger partial charge in [0.1, 0.15) is 5.60 Å². The lowest BCUT2D eigenvalue weighted by Gasteiger charge is -2.31. The first-order valence-corrected chi connectivity index (χ1v) is 8.64. The summed E-state index contributed by atoms with van der Waals surface area (Å²) < 4.78 is 0. The zero-order chi connectivity index (χ0) is 17.7. The molecule has 0 aliphatic carbocycles. The molecule has 3 aromatic carbocycles. The van der Waals surface area contributed by atoms with E-state index in [0.717, 1.165) is 17.7 Å². The van der Waals surface area contributed by atoms with Gasteiger partial charge in [0.05, 0.1) is 0 Å². The predicted octanol–water partition coefficient (Wildman–Crippen LogP) is 4.23. The van der Waals surface area contributed by atoms with Crippen molar-refractivity contribution in [3.8, 4) is 0 Å². The molecule has 0 aliphatic rings. The van der Waals surface area contributed by atoms with Gasteiger partial charge in [-0.1, -0.05) is 84.9 Å². The van der Waals surface area contributed by atoms with Gasteiger partial charge in [-0.05, 0) is 36.3 Å². The molecule has 0 aliphatic heterocycles. The van der Waals surface area contributed by atoms with Gasteiger partial charge in [0.2, 0.25) is 0 Å². The van der Waals surface area contributed by atoms with Gasteiger partial charge in [-0.3, -0.25) is 0 Å². The van der Waals surface area contributed by atoms with E-state index in [-0.39, 0.29) is 0 Å². The van der Waals surface area contributed by atoms with Crippen molar-refractivity contribution in [3.05, 3.63) is 107 Å². The molecule has 3 aromatic rings. The van der Waals surface area contributed by atoms with Gasteiger partial charge in [0, 0.05) is 13.0 Å². The standard InChI is InChI=1S/C23H25NO/c1-24(2)18-20-12-10-9-11-19(20)17-23(25,21-13-5-3-6-14-21)22-15-7-4-8-16-22/h3-16,25H,17-18H2,1-2H3. The first kappa shape index (κ1) is 17.4. The van der Waals surface area contributed by atoms with Crippen LogP contribution in [0.1, 0.15) is 22.3 Å². The molecule has 3 rings (SSSR count). The van der Waals surface area contributed by atoms with Crippen molar-refractivity contribution in [2.75, 3.05) is 14.1 Å². The van der Waals surface area contributed by atoms with E-state index in [1.165, 1.54) is 11.1 Å². The highest BCUT2D eigenvalue weighted by Crippen LogP contribution is 2.34. The molecular weight excluding hydrogens is 306 g/mol. The van der Waals surface area contributed by atoms with Gasteiger partial charge in [0.15, 0.2) is 0 Å². The Kier molecular flexibility index (Phi) is 5.32. The molecule has 0 amide bonds. The number of hydrogen-bond acceptors (Lipinski definition) is 2. The minimum Gasteiger partial charge on any atom is -0.380 e. The molecule has 0 saturated carbocycles. The molecule has 2 heteroatoms. The fourth-order valence-corrected chi connectivity index (χ4v) is 3.30. The van der Waals surface area contributed by atoms with Crippen molar-refractivity contribution in [1.82, 2.24) is 4.90 Å². The fourth-order valence-electron chi connectivity index (χ4n) is 3.30. The molecule has 1 N–H and O–H groups in total. The van der Waals surface area contributed by atoms with Crippen LogP contribution < -0.4 is 0 Å². The second-order valence-corrected chi connectivity index (χ2v) is 6.78. The van der Waals surface area contributed by atoms with E-state index < -0.39 is 5.60 Å². The van der Waals surface area contributed by atoms with Gasteiger partial charge >= 0.3 is 0 Å². The van der Waals surface area contributed by atoms with E-state index in [9.17, 15) is 5.11 Å². The summed E-state index contributed by atoms with van der Waals surface area (Å²) in [6, 6.07) is 28.3. The quantitative estimate of drug-likeness (QED) is 0.731. The molecule has 0 spiro atoms. The maximum atomic E-state index is 11.8. The van der Waals surface area contributed by atoms with E-state index >= 15 is 0 Å². The van der Waals surface area contributed by atoms with Crippen LogP contribution in [0.15, 0.2) is 84.9 Å². The second-order valence-electron chi connectivity index (χ2n) is 6.78. The summed E-state index contributed by atoms with van der Waals surface area (Å²) in [5.74, 6) is 0. The van der Waals surface area contributed by atoms with Crippen LogP contribution in [0.2, 0.25) is 0 Å². The van der Waals surface area contributed by atoms with Crippen molar-refractivity contribution >= 4 is 0 Å². The van der Waals surface area contributed by atoms with Crippen molar-refractivity contribution in [2.45, 2.75) is 18.6 Å². The summed E-state index contributed by atoms with van der Waals surface area (Å²) in [6.07, 6.45) is 0.547. The van der Waals surface area contributed by atoms with Crippen LogP contribution in [0, 0.1) is 0 Å². The second kappa shape index (κ2) is 7.64. The Balaban J connectivity index is 2.06. The predicted molar refractivity (Wildman–Crippen MR) is 103 cm³/mol. The Hall–Kier alpha value is -2.42. The van der Waals surface area contributed by atoms with Crippen LogP contribution in [-0.2, 0) is 18.6 Å². The molecule has 128 valence electrons. The lowest BCUT2D eigenvalue weighted by Crippen LogP contribution is -2.30. The van der Waals surface area contributed by atoms with Crippen LogP contribution in [0.25, 0.3) is 0 Å². The molecule has 0 fully saturated rings. The molecule has 0 bridgehead atoms. The average Bonchev–Trinajstić information content (AvgIpc) is 2.64. The molecule has 0 aromatic heterocycles. The molecule has 0 unspecified atom stereocenters. The zero-order valence-corrected chi connectivity index (χ0v) is 14.9. The van der Waals surface area contributed by atoms with Crippen LogP contribution in [0.4, 0.5) is 0 Å². The van der Waals surface area contributed by atoms with Crippen LogP contribution in [0.3, 0.4) is 0 Å². The van der Waals surface area contributed by atoms with Gasteiger partial charge < -0.3 is 10.0 Å². The van der Waals surface area contributed by atoms with Crippen molar-refractivity contribution in [3.63, 3.8) is 0 Å². The van der Waals surface area contributed by atoms with Gasteiger partial charge in [-0.25, -0.2) is 0 Å². The number of rotatable bonds is 6. The van der Waals surface area contributed by atoms with Crippen molar-refractivity contribution in [2.24, 2.45) is 0 Å². The van der Waals surface area contributed by atoms with Crippen molar-refractivity contribution in [1.29, 1.82) is 0 Å². The summed E-state index contributed by atoms with van der Waals surface area (Å²) in [5, 5.41) is 11.8. The summed E-state index contributed by atoms with van der Waals surface area (Å²) in [4.78, 5) is 2.16. The molecule has 0 saturated heterocycles. The molecule has 2 nitrogen and oxygen atoms in total. The highest BCUT2D eigenvalue weighted by atomic mass is 16.3.